The molecule has 0 unspecified atom stereocenters. The molecule has 0 heterocycles. The summed E-state index contributed by atoms with van der Waals surface area (Å²) in [6.07, 6.45) is 0. The summed E-state index contributed by atoms with van der Waals surface area (Å²) >= 11 is 0. The van der Waals surface area contributed by atoms with Crippen LogP contribution in [0.4, 0.5) is 11.4 Å². The van der Waals surface area contributed by atoms with E-state index in [1.165, 1.54) is 0 Å². The van der Waals surface area contributed by atoms with Gasteiger partial charge in [-0.2, -0.15) is 0 Å². The fourth-order valence-electron chi connectivity index (χ4n) is 1.96. The number of rotatable bonds is 4. The number of benzene rings is 2. The van der Waals surface area contributed by atoms with Crippen LogP contribution in [0.15, 0.2) is 42.5 Å². The smallest absolute Gasteiger partial charge is 0.248 e. The summed E-state index contributed by atoms with van der Waals surface area (Å²) in [6.45, 7) is 2.55. The van der Waals surface area contributed by atoms with E-state index in [2.05, 4.69) is 5.32 Å². The molecule has 1 amide bonds. The predicted octanol–water partition coefficient (Wildman–Crippen LogP) is 2.29. The first-order valence-electron chi connectivity index (χ1n) is 6.05. The number of carbonyl (C=O) groups is 1. The van der Waals surface area contributed by atoms with E-state index in [1.54, 1.807) is 6.07 Å². The van der Waals surface area contributed by atoms with Crippen molar-refractivity contribution in [1.29, 1.82) is 0 Å². The standard InChI is InChI=1S/C15H17N3O/c1-10-7-13(5-6-14(10)15(17)19)18-9-11-3-2-4-12(16)8-11/h2-8,18H,9,16H2,1H3,(H2,17,19). The third-order valence-electron chi connectivity index (χ3n) is 2.94. The maximum absolute atomic E-state index is 11.1. The molecule has 0 saturated heterocycles. The van der Waals surface area contributed by atoms with Crippen molar-refractivity contribution in [2.75, 3.05) is 11.1 Å². The predicted molar refractivity (Wildman–Crippen MR) is 77.9 cm³/mol. The van der Waals surface area contributed by atoms with Gasteiger partial charge in [-0.05, 0) is 48.4 Å². The van der Waals surface area contributed by atoms with Crippen LogP contribution in [0.1, 0.15) is 21.5 Å². The van der Waals surface area contributed by atoms with Crippen LogP contribution in [-0.2, 0) is 6.54 Å². The van der Waals surface area contributed by atoms with E-state index in [-0.39, 0.29) is 0 Å². The Kier molecular flexibility index (Phi) is 3.71. The first kappa shape index (κ1) is 13.0. The van der Waals surface area contributed by atoms with Crippen molar-refractivity contribution < 1.29 is 4.79 Å². The van der Waals surface area contributed by atoms with Gasteiger partial charge in [-0.1, -0.05) is 12.1 Å². The number of hydrogen-bond acceptors (Lipinski definition) is 3. The zero-order chi connectivity index (χ0) is 13.8. The lowest BCUT2D eigenvalue weighted by Crippen LogP contribution is -2.12. The van der Waals surface area contributed by atoms with Crippen molar-refractivity contribution >= 4 is 17.3 Å². The number of anilines is 2. The summed E-state index contributed by atoms with van der Waals surface area (Å²) in [5.74, 6) is -0.403. The Morgan fingerprint density at radius 3 is 2.63 bits per heavy atom. The molecule has 2 rings (SSSR count). The van der Waals surface area contributed by atoms with Crippen LogP contribution in [0.25, 0.3) is 0 Å². The minimum atomic E-state index is -0.403. The van der Waals surface area contributed by atoms with Gasteiger partial charge in [0.05, 0.1) is 0 Å². The lowest BCUT2D eigenvalue weighted by Gasteiger charge is -2.09. The quantitative estimate of drug-likeness (QED) is 0.733. The SMILES string of the molecule is Cc1cc(NCc2cccc(N)c2)ccc1C(N)=O. The van der Waals surface area contributed by atoms with E-state index in [4.69, 9.17) is 11.5 Å². The van der Waals surface area contributed by atoms with Gasteiger partial charge in [0.2, 0.25) is 5.91 Å². The first-order valence-corrected chi connectivity index (χ1v) is 6.05. The number of primary amides is 1. The topological polar surface area (TPSA) is 81.1 Å². The molecule has 19 heavy (non-hydrogen) atoms. The van der Waals surface area contributed by atoms with E-state index in [9.17, 15) is 4.79 Å². The van der Waals surface area contributed by atoms with Crippen LogP contribution < -0.4 is 16.8 Å². The number of nitrogens with one attached hydrogen (secondary N) is 1. The molecule has 0 radical (unpaired) electrons. The summed E-state index contributed by atoms with van der Waals surface area (Å²) in [7, 11) is 0. The minimum absolute atomic E-state index is 0.403. The highest BCUT2D eigenvalue weighted by molar-refractivity contribution is 5.94. The Morgan fingerprint density at radius 2 is 2.00 bits per heavy atom. The van der Waals surface area contributed by atoms with Gasteiger partial charge < -0.3 is 16.8 Å². The zero-order valence-electron chi connectivity index (χ0n) is 10.8. The molecule has 4 nitrogen and oxygen atoms in total. The fraction of sp³-hybridized carbons (Fsp3) is 0.133. The van der Waals surface area contributed by atoms with Crippen molar-refractivity contribution in [2.45, 2.75) is 13.5 Å². The van der Waals surface area contributed by atoms with E-state index in [1.807, 2.05) is 43.3 Å². The molecule has 2 aromatic rings. The van der Waals surface area contributed by atoms with Gasteiger partial charge in [0.15, 0.2) is 0 Å². The maximum Gasteiger partial charge on any atom is 0.248 e. The molecule has 0 saturated carbocycles. The summed E-state index contributed by atoms with van der Waals surface area (Å²) in [5, 5.41) is 3.29. The molecule has 0 aliphatic rings. The molecule has 0 bridgehead atoms. The molecular weight excluding hydrogens is 238 g/mol. The van der Waals surface area contributed by atoms with Gasteiger partial charge in [-0.15, -0.1) is 0 Å². The van der Waals surface area contributed by atoms with Crippen molar-refractivity contribution in [3.63, 3.8) is 0 Å². The summed E-state index contributed by atoms with van der Waals surface area (Å²) in [6, 6.07) is 13.2. The highest BCUT2D eigenvalue weighted by Gasteiger charge is 2.05. The lowest BCUT2D eigenvalue weighted by molar-refractivity contribution is 0.1000. The Hall–Kier alpha value is -2.49. The number of carbonyl (C=O) groups excluding carboxylic acids is 1. The molecule has 2 aromatic carbocycles. The van der Waals surface area contributed by atoms with Gasteiger partial charge in [-0.25, -0.2) is 0 Å². The van der Waals surface area contributed by atoms with Gasteiger partial charge >= 0.3 is 0 Å². The number of nitrogens with two attached hydrogens (primary N) is 2. The number of hydrogen-bond donors (Lipinski definition) is 3. The van der Waals surface area contributed by atoms with Crippen LogP contribution in [-0.4, -0.2) is 5.91 Å². The van der Waals surface area contributed by atoms with Gasteiger partial charge in [0.1, 0.15) is 0 Å². The fourth-order valence-corrected chi connectivity index (χ4v) is 1.96. The number of amides is 1. The Labute approximate surface area is 112 Å². The molecule has 0 spiro atoms. The maximum atomic E-state index is 11.1. The second kappa shape index (κ2) is 5.44. The second-order valence-corrected chi connectivity index (χ2v) is 4.49. The van der Waals surface area contributed by atoms with Crippen molar-refractivity contribution in [3.8, 4) is 0 Å². The van der Waals surface area contributed by atoms with Crippen LogP contribution >= 0.6 is 0 Å². The van der Waals surface area contributed by atoms with Crippen molar-refractivity contribution in [3.05, 3.63) is 59.2 Å². The van der Waals surface area contributed by atoms with Crippen molar-refractivity contribution in [1.82, 2.24) is 0 Å². The van der Waals surface area contributed by atoms with Gasteiger partial charge in [0, 0.05) is 23.5 Å². The van der Waals surface area contributed by atoms with Crippen LogP contribution in [0, 0.1) is 6.92 Å². The van der Waals surface area contributed by atoms with E-state index >= 15 is 0 Å². The minimum Gasteiger partial charge on any atom is -0.399 e. The average Bonchev–Trinajstić information content (AvgIpc) is 2.36. The Bertz CT molecular complexity index is 608. The molecule has 5 N–H and O–H groups in total. The first-order chi connectivity index (χ1) is 9.06. The summed E-state index contributed by atoms with van der Waals surface area (Å²) < 4.78 is 0. The monoisotopic (exact) mass is 255 g/mol. The van der Waals surface area contributed by atoms with Crippen LogP contribution in [0.5, 0.6) is 0 Å². The van der Waals surface area contributed by atoms with E-state index in [0.29, 0.717) is 12.1 Å². The van der Waals surface area contributed by atoms with Gasteiger partial charge in [0.25, 0.3) is 0 Å². The Morgan fingerprint density at radius 1 is 1.21 bits per heavy atom. The summed E-state index contributed by atoms with van der Waals surface area (Å²) in [4.78, 5) is 11.1. The molecule has 0 fully saturated rings. The highest BCUT2D eigenvalue weighted by atomic mass is 16.1. The normalized spacial score (nSPS) is 10.2. The van der Waals surface area contributed by atoms with Crippen LogP contribution in [0.2, 0.25) is 0 Å². The molecule has 0 atom stereocenters. The largest absolute Gasteiger partial charge is 0.399 e. The molecule has 98 valence electrons. The van der Waals surface area contributed by atoms with Crippen molar-refractivity contribution in [2.24, 2.45) is 5.73 Å². The molecule has 0 aromatic heterocycles. The zero-order valence-corrected chi connectivity index (χ0v) is 10.8. The number of aryl methyl sites for hydroxylation is 1. The molecule has 4 heteroatoms. The lowest BCUT2D eigenvalue weighted by atomic mass is 10.1. The third-order valence-corrected chi connectivity index (χ3v) is 2.94. The van der Waals surface area contributed by atoms with Gasteiger partial charge in [-0.3, -0.25) is 4.79 Å². The molecule has 0 aliphatic carbocycles. The number of nitrogen functional groups attached to an aromatic ring is 1. The van der Waals surface area contributed by atoms with E-state index < -0.39 is 5.91 Å². The van der Waals surface area contributed by atoms with Crippen LogP contribution in [0.3, 0.4) is 0 Å². The molecule has 0 aliphatic heterocycles. The third kappa shape index (κ3) is 3.25. The Balaban J connectivity index is 2.08. The molecular formula is C15H17N3O. The average molecular weight is 255 g/mol. The second-order valence-electron chi connectivity index (χ2n) is 4.49. The van der Waals surface area contributed by atoms with E-state index in [0.717, 1.165) is 22.5 Å². The highest BCUT2D eigenvalue weighted by Crippen LogP contribution is 2.16. The summed E-state index contributed by atoms with van der Waals surface area (Å²) in [5.41, 5.74) is 15.2.